The number of aromatic nitrogens is 2. The molecule has 0 aliphatic carbocycles. The fourth-order valence-electron chi connectivity index (χ4n) is 1.77. The van der Waals surface area contributed by atoms with Crippen LogP contribution in [0.25, 0.3) is 0 Å². The minimum Gasteiger partial charge on any atom is -0.337 e. The average molecular weight is 407 g/mol. The van der Waals surface area contributed by atoms with Crippen LogP contribution in [0.3, 0.4) is 0 Å². The van der Waals surface area contributed by atoms with Crippen LogP contribution in [-0.2, 0) is 13.6 Å². The first-order valence-corrected chi connectivity index (χ1v) is 7.98. The second kappa shape index (κ2) is 5.76. The van der Waals surface area contributed by atoms with E-state index in [1.165, 1.54) is 11.3 Å². The van der Waals surface area contributed by atoms with Crippen molar-refractivity contribution in [3.8, 4) is 0 Å². The van der Waals surface area contributed by atoms with E-state index in [-0.39, 0.29) is 5.91 Å². The Labute approximate surface area is 132 Å². The molecular formula is C12H13Br2N3OS. The molecule has 2 aromatic rings. The van der Waals surface area contributed by atoms with Gasteiger partial charge < -0.3 is 4.90 Å². The fourth-order valence-corrected chi connectivity index (χ4v) is 3.80. The number of carbonyl (C=O) groups is 1. The smallest absolute Gasteiger partial charge is 0.264 e. The first-order valence-electron chi connectivity index (χ1n) is 5.58. The number of nitrogens with zero attached hydrogens (tertiary/aromatic N) is 3. The number of aryl methyl sites for hydroxylation is 2. The molecule has 0 atom stereocenters. The Morgan fingerprint density at radius 1 is 1.53 bits per heavy atom. The first kappa shape index (κ1) is 14.7. The summed E-state index contributed by atoms with van der Waals surface area (Å²) in [7, 11) is 3.68. The summed E-state index contributed by atoms with van der Waals surface area (Å²) in [6.07, 6.45) is 1.94. The van der Waals surface area contributed by atoms with Crippen LogP contribution in [0.4, 0.5) is 0 Å². The highest BCUT2D eigenvalue weighted by atomic mass is 79.9. The van der Waals surface area contributed by atoms with Crippen molar-refractivity contribution >= 4 is 49.1 Å². The van der Waals surface area contributed by atoms with Crippen LogP contribution in [0.2, 0.25) is 0 Å². The van der Waals surface area contributed by atoms with Crippen LogP contribution in [0.5, 0.6) is 0 Å². The van der Waals surface area contributed by atoms with Gasteiger partial charge in [0.05, 0.1) is 14.4 Å². The van der Waals surface area contributed by atoms with Crippen molar-refractivity contribution in [2.45, 2.75) is 13.5 Å². The third-order valence-electron chi connectivity index (χ3n) is 2.73. The van der Waals surface area contributed by atoms with E-state index in [1.54, 1.807) is 16.6 Å². The Balaban J connectivity index is 2.13. The fraction of sp³-hybridized carbons (Fsp3) is 0.333. The molecule has 1 amide bonds. The minimum atomic E-state index is 0.0136. The maximum atomic E-state index is 12.3. The lowest BCUT2D eigenvalue weighted by molar-refractivity contribution is 0.0789. The third kappa shape index (κ3) is 3.27. The number of rotatable bonds is 3. The van der Waals surface area contributed by atoms with Crippen LogP contribution in [0.1, 0.15) is 20.9 Å². The van der Waals surface area contributed by atoms with Crippen LogP contribution < -0.4 is 0 Å². The van der Waals surface area contributed by atoms with Crippen LogP contribution in [0, 0.1) is 6.92 Å². The number of hydrogen-bond acceptors (Lipinski definition) is 3. The van der Waals surface area contributed by atoms with E-state index in [4.69, 9.17) is 0 Å². The van der Waals surface area contributed by atoms with Gasteiger partial charge in [-0.05, 0) is 44.8 Å². The molecule has 0 saturated carbocycles. The van der Waals surface area contributed by atoms with Crippen molar-refractivity contribution in [2.24, 2.45) is 7.05 Å². The molecular weight excluding hydrogens is 394 g/mol. The van der Waals surface area contributed by atoms with Gasteiger partial charge in [0.1, 0.15) is 0 Å². The Morgan fingerprint density at radius 2 is 2.21 bits per heavy atom. The molecule has 0 saturated heterocycles. The summed E-state index contributed by atoms with van der Waals surface area (Å²) in [4.78, 5) is 14.7. The van der Waals surface area contributed by atoms with Crippen molar-refractivity contribution in [3.05, 3.63) is 36.7 Å². The molecule has 4 nitrogen and oxygen atoms in total. The summed E-state index contributed by atoms with van der Waals surface area (Å²) < 4.78 is 3.61. The van der Waals surface area contributed by atoms with Gasteiger partial charge in [-0.2, -0.15) is 5.10 Å². The highest BCUT2D eigenvalue weighted by Gasteiger charge is 2.17. The Morgan fingerprint density at radius 3 is 2.68 bits per heavy atom. The molecule has 2 aromatic heterocycles. The number of halogens is 2. The van der Waals surface area contributed by atoms with Gasteiger partial charge in [-0.25, -0.2) is 0 Å². The molecule has 0 radical (unpaired) electrons. The Kier molecular flexibility index (Phi) is 4.47. The molecule has 2 heterocycles. The standard InChI is InChI=1S/C12H13Br2N3OS/c1-7-8(6-17(3)15-7)5-16(2)12(18)10-4-9(13)11(14)19-10/h4,6H,5H2,1-3H3. The SMILES string of the molecule is Cc1nn(C)cc1CN(C)C(=O)c1cc(Br)c(Br)s1. The predicted octanol–water partition coefficient (Wildman–Crippen LogP) is 3.59. The zero-order valence-electron chi connectivity index (χ0n) is 10.8. The summed E-state index contributed by atoms with van der Waals surface area (Å²) in [5, 5.41) is 4.28. The Bertz CT molecular complexity index is 601. The molecule has 19 heavy (non-hydrogen) atoms. The number of thiophene rings is 1. The van der Waals surface area contributed by atoms with E-state index in [9.17, 15) is 4.79 Å². The van der Waals surface area contributed by atoms with E-state index in [2.05, 4.69) is 37.0 Å². The zero-order chi connectivity index (χ0) is 14.2. The van der Waals surface area contributed by atoms with Gasteiger partial charge >= 0.3 is 0 Å². The van der Waals surface area contributed by atoms with Gasteiger partial charge in [-0.15, -0.1) is 11.3 Å². The van der Waals surface area contributed by atoms with E-state index in [1.807, 2.05) is 26.2 Å². The molecule has 0 fully saturated rings. The summed E-state index contributed by atoms with van der Waals surface area (Å²) >= 11 is 8.23. The van der Waals surface area contributed by atoms with Crippen LogP contribution in [-0.4, -0.2) is 27.6 Å². The molecule has 0 aliphatic heterocycles. The van der Waals surface area contributed by atoms with Crippen molar-refractivity contribution < 1.29 is 4.79 Å². The molecule has 2 rings (SSSR count). The molecule has 0 N–H and O–H groups in total. The second-order valence-electron chi connectivity index (χ2n) is 4.31. The van der Waals surface area contributed by atoms with Gasteiger partial charge in [0.15, 0.2) is 0 Å². The Hall–Kier alpha value is -0.660. The summed E-state index contributed by atoms with van der Waals surface area (Å²) in [5.74, 6) is 0.0136. The number of carbonyl (C=O) groups excluding carboxylic acids is 1. The molecule has 0 bridgehead atoms. The second-order valence-corrected chi connectivity index (χ2v) is 7.53. The summed E-state index contributed by atoms with van der Waals surface area (Å²) in [6, 6.07) is 1.84. The highest BCUT2D eigenvalue weighted by Crippen LogP contribution is 2.33. The van der Waals surface area contributed by atoms with Gasteiger partial charge in [-0.1, -0.05) is 0 Å². The topological polar surface area (TPSA) is 38.1 Å². The number of amides is 1. The lowest BCUT2D eigenvalue weighted by Gasteiger charge is -2.15. The third-order valence-corrected chi connectivity index (χ3v) is 5.97. The zero-order valence-corrected chi connectivity index (χ0v) is 14.8. The summed E-state index contributed by atoms with van der Waals surface area (Å²) in [6.45, 7) is 2.51. The van der Waals surface area contributed by atoms with Gasteiger partial charge in [0.2, 0.25) is 0 Å². The van der Waals surface area contributed by atoms with Gasteiger partial charge in [-0.3, -0.25) is 9.48 Å². The van der Waals surface area contributed by atoms with Crippen molar-refractivity contribution in [1.29, 1.82) is 0 Å². The van der Waals surface area contributed by atoms with E-state index in [0.717, 1.165) is 19.5 Å². The number of hydrogen-bond donors (Lipinski definition) is 0. The van der Waals surface area contributed by atoms with Crippen molar-refractivity contribution in [2.75, 3.05) is 7.05 Å². The molecule has 0 unspecified atom stereocenters. The van der Waals surface area contributed by atoms with Crippen LogP contribution >= 0.6 is 43.2 Å². The normalized spacial score (nSPS) is 10.8. The lowest BCUT2D eigenvalue weighted by atomic mass is 10.2. The maximum absolute atomic E-state index is 12.3. The molecule has 7 heteroatoms. The van der Waals surface area contributed by atoms with Gasteiger partial charge in [0.25, 0.3) is 5.91 Å². The molecule has 0 aliphatic rings. The quantitative estimate of drug-likeness (QED) is 0.781. The molecule has 0 spiro atoms. The lowest BCUT2D eigenvalue weighted by Crippen LogP contribution is -2.25. The molecule has 102 valence electrons. The van der Waals surface area contributed by atoms with Crippen molar-refractivity contribution in [1.82, 2.24) is 14.7 Å². The monoisotopic (exact) mass is 405 g/mol. The van der Waals surface area contributed by atoms with E-state index < -0.39 is 0 Å². The van der Waals surface area contributed by atoms with Gasteiger partial charge in [0, 0.05) is 36.9 Å². The van der Waals surface area contributed by atoms with Crippen molar-refractivity contribution in [3.63, 3.8) is 0 Å². The molecule has 0 aromatic carbocycles. The summed E-state index contributed by atoms with van der Waals surface area (Å²) in [5.41, 5.74) is 2.02. The van der Waals surface area contributed by atoms with E-state index >= 15 is 0 Å². The average Bonchev–Trinajstić information content (AvgIpc) is 2.82. The van der Waals surface area contributed by atoms with E-state index in [0.29, 0.717) is 11.4 Å². The predicted molar refractivity (Wildman–Crippen MR) is 83.5 cm³/mol. The maximum Gasteiger partial charge on any atom is 0.264 e. The minimum absolute atomic E-state index is 0.0136. The largest absolute Gasteiger partial charge is 0.337 e. The van der Waals surface area contributed by atoms with Crippen LogP contribution in [0.15, 0.2) is 20.5 Å². The first-order chi connectivity index (χ1) is 8.88. The highest BCUT2D eigenvalue weighted by molar-refractivity contribution is 9.13.